The zero-order valence-corrected chi connectivity index (χ0v) is 10.4. The third kappa shape index (κ3) is 3.30. The third-order valence-corrected chi connectivity index (χ3v) is 2.52. The molecule has 1 aromatic carbocycles. The number of carbonyl (C=O) groups excluding carboxylic acids is 1. The van der Waals surface area contributed by atoms with Gasteiger partial charge in [-0.25, -0.2) is 0 Å². The maximum Gasteiger partial charge on any atom is 0.248 e. The zero-order chi connectivity index (χ0) is 13.7. The molecule has 0 aliphatic rings. The molecule has 1 amide bonds. The van der Waals surface area contributed by atoms with Crippen LogP contribution in [0.5, 0.6) is 0 Å². The molecule has 0 saturated heterocycles. The summed E-state index contributed by atoms with van der Waals surface area (Å²) in [7, 11) is 1.80. The Morgan fingerprint density at radius 2 is 2.32 bits per heavy atom. The summed E-state index contributed by atoms with van der Waals surface area (Å²) in [4.78, 5) is 11.7. The van der Waals surface area contributed by atoms with E-state index in [2.05, 4.69) is 10.4 Å². The van der Waals surface area contributed by atoms with Gasteiger partial charge in [0.25, 0.3) is 0 Å². The number of anilines is 1. The Balaban J connectivity index is 2.04. The molecular formula is C14H12N4O. The smallest absolute Gasteiger partial charge is 0.248 e. The summed E-state index contributed by atoms with van der Waals surface area (Å²) < 4.78 is 1.67. The average molecular weight is 252 g/mol. The molecule has 0 saturated carbocycles. The van der Waals surface area contributed by atoms with Gasteiger partial charge in [0.05, 0.1) is 17.3 Å². The van der Waals surface area contributed by atoms with Crippen molar-refractivity contribution in [1.82, 2.24) is 9.78 Å². The second-order valence-electron chi connectivity index (χ2n) is 3.89. The average Bonchev–Trinajstić information content (AvgIpc) is 2.82. The van der Waals surface area contributed by atoms with Crippen molar-refractivity contribution in [3.63, 3.8) is 0 Å². The lowest BCUT2D eigenvalue weighted by Crippen LogP contribution is -2.08. The fourth-order valence-corrected chi connectivity index (χ4v) is 1.56. The third-order valence-electron chi connectivity index (χ3n) is 2.52. The number of amides is 1. The van der Waals surface area contributed by atoms with Crippen LogP contribution in [0.15, 0.2) is 42.6 Å². The van der Waals surface area contributed by atoms with Crippen LogP contribution in [0, 0.1) is 11.3 Å². The standard InChI is InChI=1S/C14H12N4O/c1-18-13(7-8-16-18)5-6-14(19)17-12-4-2-3-11(9-12)10-15/h2-9H,1H3,(H,17,19). The minimum atomic E-state index is -0.253. The van der Waals surface area contributed by atoms with Crippen molar-refractivity contribution in [2.45, 2.75) is 0 Å². The highest BCUT2D eigenvalue weighted by molar-refractivity contribution is 6.01. The van der Waals surface area contributed by atoms with E-state index in [0.717, 1.165) is 5.69 Å². The Labute approximate surface area is 110 Å². The van der Waals surface area contributed by atoms with Crippen LogP contribution in [0.4, 0.5) is 5.69 Å². The summed E-state index contributed by atoms with van der Waals surface area (Å²) >= 11 is 0. The predicted octanol–water partition coefficient (Wildman–Crippen LogP) is 1.94. The van der Waals surface area contributed by atoms with Crippen LogP contribution in [0.1, 0.15) is 11.3 Å². The van der Waals surface area contributed by atoms with Crippen LogP contribution in [0.25, 0.3) is 6.08 Å². The van der Waals surface area contributed by atoms with E-state index in [1.807, 2.05) is 6.07 Å². The molecule has 94 valence electrons. The minimum absolute atomic E-state index is 0.253. The molecule has 5 nitrogen and oxygen atoms in total. The van der Waals surface area contributed by atoms with Crippen molar-refractivity contribution in [1.29, 1.82) is 5.26 Å². The molecule has 1 N–H and O–H groups in total. The second-order valence-corrected chi connectivity index (χ2v) is 3.89. The molecule has 2 aromatic rings. The highest BCUT2D eigenvalue weighted by atomic mass is 16.1. The summed E-state index contributed by atoms with van der Waals surface area (Å²) in [5.41, 5.74) is 1.94. The van der Waals surface area contributed by atoms with Gasteiger partial charge >= 0.3 is 0 Å². The number of nitrogens with zero attached hydrogens (tertiary/aromatic N) is 3. The van der Waals surface area contributed by atoms with Crippen LogP contribution >= 0.6 is 0 Å². The number of carbonyl (C=O) groups is 1. The van der Waals surface area contributed by atoms with Gasteiger partial charge in [-0.1, -0.05) is 6.07 Å². The molecule has 0 bridgehead atoms. The molecule has 0 spiro atoms. The van der Waals surface area contributed by atoms with E-state index in [1.165, 1.54) is 6.08 Å². The lowest BCUT2D eigenvalue weighted by Gasteiger charge is -2.01. The van der Waals surface area contributed by atoms with Crippen molar-refractivity contribution in [3.05, 3.63) is 53.9 Å². The first-order valence-electron chi connectivity index (χ1n) is 5.66. The molecule has 0 atom stereocenters. The van der Waals surface area contributed by atoms with Gasteiger partial charge in [0.1, 0.15) is 0 Å². The van der Waals surface area contributed by atoms with Crippen molar-refractivity contribution < 1.29 is 4.79 Å². The molecule has 0 aliphatic carbocycles. The quantitative estimate of drug-likeness (QED) is 0.848. The molecule has 5 heteroatoms. The molecule has 2 rings (SSSR count). The van der Waals surface area contributed by atoms with Gasteiger partial charge in [0.15, 0.2) is 0 Å². The largest absolute Gasteiger partial charge is 0.322 e. The van der Waals surface area contributed by atoms with Gasteiger partial charge in [-0.15, -0.1) is 0 Å². The van der Waals surface area contributed by atoms with Gasteiger partial charge < -0.3 is 5.32 Å². The van der Waals surface area contributed by atoms with E-state index >= 15 is 0 Å². The summed E-state index contributed by atoms with van der Waals surface area (Å²) in [6.45, 7) is 0. The van der Waals surface area contributed by atoms with E-state index < -0.39 is 0 Å². The maximum absolute atomic E-state index is 11.7. The highest BCUT2D eigenvalue weighted by Gasteiger charge is 2.00. The first-order chi connectivity index (χ1) is 9.19. The Bertz CT molecular complexity index is 664. The van der Waals surface area contributed by atoms with Crippen molar-refractivity contribution in [2.24, 2.45) is 7.05 Å². The molecule has 0 unspecified atom stereocenters. The Morgan fingerprint density at radius 1 is 1.47 bits per heavy atom. The molecule has 0 fully saturated rings. The first kappa shape index (κ1) is 12.6. The van der Waals surface area contributed by atoms with Gasteiger partial charge in [-0.3, -0.25) is 9.48 Å². The summed E-state index contributed by atoms with van der Waals surface area (Å²) in [6, 6.07) is 10.6. The number of benzene rings is 1. The number of aromatic nitrogens is 2. The lowest BCUT2D eigenvalue weighted by molar-refractivity contribution is -0.111. The Hall–Kier alpha value is -2.87. The van der Waals surface area contributed by atoms with E-state index in [4.69, 9.17) is 5.26 Å². The minimum Gasteiger partial charge on any atom is -0.322 e. The van der Waals surface area contributed by atoms with E-state index in [0.29, 0.717) is 11.3 Å². The molecule has 19 heavy (non-hydrogen) atoms. The second kappa shape index (κ2) is 5.65. The zero-order valence-electron chi connectivity index (χ0n) is 10.4. The van der Waals surface area contributed by atoms with E-state index in [-0.39, 0.29) is 5.91 Å². The summed E-state index contributed by atoms with van der Waals surface area (Å²) in [6.07, 6.45) is 4.76. The molecular weight excluding hydrogens is 240 g/mol. The van der Waals surface area contributed by atoms with Crippen LogP contribution in [0.2, 0.25) is 0 Å². The fourth-order valence-electron chi connectivity index (χ4n) is 1.56. The van der Waals surface area contributed by atoms with Crippen LogP contribution in [-0.2, 0) is 11.8 Å². The van der Waals surface area contributed by atoms with Crippen molar-refractivity contribution in [3.8, 4) is 6.07 Å². The Morgan fingerprint density at radius 3 is 3.00 bits per heavy atom. The number of nitriles is 1. The van der Waals surface area contributed by atoms with Crippen LogP contribution in [0.3, 0.4) is 0 Å². The van der Waals surface area contributed by atoms with Gasteiger partial charge in [-0.05, 0) is 30.3 Å². The topological polar surface area (TPSA) is 70.7 Å². The molecule has 1 heterocycles. The highest BCUT2D eigenvalue weighted by Crippen LogP contribution is 2.10. The first-order valence-corrected chi connectivity index (χ1v) is 5.66. The van der Waals surface area contributed by atoms with E-state index in [9.17, 15) is 4.79 Å². The predicted molar refractivity (Wildman–Crippen MR) is 72.0 cm³/mol. The van der Waals surface area contributed by atoms with E-state index in [1.54, 1.807) is 54.3 Å². The number of aryl methyl sites for hydroxylation is 1. The molecule has 1 aromatic heterocycles. The number of nitrogens with one attached hydrogen (secondary N) is 1. The maximum atomic E-state index is 11.7. The Kier molecular flexibility index (Phi) is 3.74. The molecule has 0 aliphatic heterocycles. The monoisotopic (exact) mass is 252 g/mol. The van der Waals surface area contributed by atoms with Crippen molar-refractivity contribution in [2.75, 3.05) is 5.32 Å². The fraction of sp³-hybridized carbons (Fsp3) is 0.0714. The van der Waals surface area contributed by atoms with Crippen LogP contribution in [-0.4, -0.2) is 15.7 Å². The van der Waals surface area contributed by atoms with Gasteiger partial charge in [-0.2, -0.15) is 10.4 Å². The SMILES string of the molecule is Cn1nccc1C=CC(=O)Nc1cccc(C#N)c1. The molecule has 0 radical (unpaired) electrons. The van der Waals surface area contributed by atoms with Crippen LogP contribution < -0.4 is 5.32 Å². The summed E-state index contributed by atoms with van der Waals surface area (Å²) in [5, 5.41) is 15.5. The van der Waals surface area contributed by atoms with Crippen molar-refractivity contribution >= 4 is 17.7 Å². The number of hydrogen-bond acceptors (Lipinski definition) is 3. The number of rotatable bonds is 3. The van der Waals surface area contributed by atoms with Gasteiger partial charge in [0, 0.05) is 25.0 Å². The number of hydrogen-bond donors (Lipinski definition) is 1. The summed E-state index contributed by atoms with van der Waals surface area (Å²) in [5.74, 6) is -0.253. The lowest BCUT2D eigenvalue weighted by atomic mass is 10.2. The van der Waals surface area contributed by atoms with Gasteiger partial charge in [0.2, 0.25) is 5.91 Å². The normalized spacial score (nSPS) is 10.3.